The average molecular weight is 800 g/mol. The van der Waals surface area contributed by atoms with Gasteiger partial charge in [-0.2, -0.15) is 0 Å². The van der Waals surface area contributed by atoms with E-state index in [9.17, 15) is 0 Å². The summed E-state index contributed by atoms with van der Waals surface area (Å²) in [6.07, 6.45) is 1.74. The Labute approximate surface area is 342 Å². The third-order valence-electron chi connectivity index (χ3n) is 9.81. The van der Waals surface area contributed by atoms with E-state index in [-0.39, 0.29) is 12.3 Å². The number of aliphatic imine (C=N–C) groups is 6. The highest BCUT2D eigenvalue weighted by atomic mass is 16.3. The van der Waals surface area contributed by atoms with Gasteiger partial charge < -0.3 is 43.1 Å². The molecular formula is C40H61N15O3. The molecule has 0 saturated heterocycles. The highest BCUT2D eigenvalue weighted by Crippen LogP contribution is 2.17. The van der Waals surface area contributed by atoms with Gasteiger partial charge in [0.15, 0.2) is 12.1 Å². The van der Waals surface area contributed by atoms with Crippen LogP contribution < -0.4 is 21.3 Å². The second-order valence-electron chi connectivity index (χ2n) is 15.2. The molecule has 18 heteroatoms. The van der Waals surface area contributed by atoms with Crippen molar-refractivity contribution in [3.63, 3.8) is 0 Å². The van der Waals surface area contributed by atoms with Gasteiger partial charge in [-0.05, 0) is 64.1 Å². The molecule has 0 fully saturated rings. The van der Waals surface area contributed by atoms with Crippen LogP contribution in [0.5, 0.6) is 0 Å². The zero-order chi connectivity index (χ0) is 41.3. The van der Waals surface area contributed by atoms with Crippen molar-refractivity contribution in [2.75, 3.05) is 75.0 Å². The van der Waals surface area contributed by atoms with E-state index in [0.29, 0.717) is 57.5 Å². The molecule has 6 rings (SSSR count). The minimum absolute atomic E-state index is 0.223. The Kier molecular flexibility index (Phi) is 13.7. The third kappa shape index (κ3) is 11.3. The average Bonchev–Trinajstić information content (AvgIpc) is 3.95. The van der Waals surface area contributed by atoms with E-state index in [1.807, 2.05) is 116 Å². The lowest BCUT2D eigenvalue weighted by atomic mass is 10.2. The molecule has 0 aromatic carbocycles. The minimum atomic E-state index is -0.430. The normalized spacial score (nSPS) is 19.0. The van der Waals surface area contributed by atoms with Crippen LogP contribution in [0, 0.1) is 20.8 Å². The van der Waals surface area contributed by atoms with Crippen molar-refractivity contribution in [2.24, 2.45) is 30.0 Å². The molecule has 314 valence electrons. The van der Waals surface area contributed by atoms with Gasteiger partial charge in [0.1, 0.15) is 46.9 Å². The number of nitrogens with one attached hydrogen (secondary N) is 4. The van der Waals surface area contributed by atoms with E-state index in [0.717, 1.165) is 71.2 Å². The lowest BCUT2D eigenvalue weighted by Crippen LogP contribution is -2.55. The first-order valence-electron chi connectivity index (χ1n) is 20.0. The van der Waals surface area contributed by atoms with Crippen LogP contribution in [0.3, 0.4) is 0 Å². The van der Waals surface area contributed by atoms with Crippen LogP contribution in [0.15, 0.2) is 79.6 Å². The topological polar surface area (TPSA) is 178 Å². The van der Waals surface area contributed by atoms with Crippen LogP contribution >= 0.6 is 0 Å². The second kappa shape index (κ2) is 19.0. The van der Waals surface area contributed by atoms with Crippen LogP contribution in [0.2, 0.25) is 0 Å². The summed E-state index contributed by atoms with van der Waals surface area (Å²) in [5.74, 6) is 9.76. The molecule has 3 atom stereocenters. The number of guanidine groups is 6. The molecule has 6 heterocycles. The molecule has 3 aromatic rings. The summed E-state index contributed by atoms with van der Waals surface area (Å²) in [4.78, 5) is 40.4. The highest BCUT2D eigenvalue weighted by molar-refractivity contribution is 6.01. The van der Waals surface area contributed by atoms with Gasteiger partial charge in [0.05, 0.1) is 6.54 Å². The Morgan fingerprint density at radius 1 is 0.552 bits per heavy atom. The summed E-state index contributed by atoms with van der Waals surface area (Å²) in [6, 6.07) is 12.1. The van der Waals surface area contributed by atoms with Crippen molar-refractivity contribution in [2.45, 2.75) is 71.9 Å². The molecule has 3 unspecified atom stereocenters. The monoisotopic (exact) mass is 800 g/mol. The largest absolute Gasteiger partial charge is 0.466 e. The Bertz CT molecular complexity index is 2020. The maximum absolute atomic E-state index is 6.00. The molecule has 58 heavy (non-hydrogen) atoms. The first-order chi connectivity index (χ1) is 27.8. The summed E-state index contributed by atoms with van der Waals surface area (Å²) in [6.45, 7) is 11.0. The van der Waals surface area contributed by atoms with E-state index in [1.54, 1.807) is 0 Å². The van der Waals surface area contributed by atoms with E-state index >= 15 is 0 Å². The van der Waals surface area contributed by atoms with Gasteiger partial charge in [-0.25, -0.2) is 30.0 Å². The summed E-state index contributed by atoms with van der Waals surface area (Å²) in [5, 5.41) is 13.5. The van der Waals surface area contributed by atoms with Gasteiger partial charge in [0.2, 0.25) is 29.8 Å². The van der Waals surface area contributed by atoms with Crippen molar-refractivity contribution in [1.82, 2.24) is 45.8 Å². The SMILES string of the molecule is CNC1=NC(CN(CCc2ccc(C)o2)C2=NC(CCN(CCc3ccc(C)o3)C3=NC(C)N=C(N(C)C)N3)N=C(N(C)C)N2)N=C(N(C)CCc2ccc(C)o2)N1. The summed E-state index contributed by atoms with van der Waals surface area (Å²) < 4.78 is 17.8. The number of rotatable bonds is 14. The standard InChI is InChI=1S/C40H61N15O3/c1-26-11-14-30(56-26)17-21-53(10)38-47-34(44-35(41-5)48-38)25-55(23-19-32-16-13-28(3)58-32)40-46-33(45-37(50-40)52(8)9)20-24-54(22-18-31-15-12-27(2)57-31)39-43-29(4)42-36(49-39)51(6)7/h11-16,29,33-34H,17-25H2,1-10H3,(H,42,43,49)(H,45,46,50)(H2,41,44,47,48). The molecule has 0 spiro atoms. The van der Waals surface area contributed by atoms with Crippen LogP contribution in [0.1, 0.15) is 47.9 Å². The summed E-state index contributed by atoms with van der Waals surface area (Å²) >= 11 is 0. The van der Waals surface area contributed by atoms with Crippen LogP contribution in [-0.4, -0.2) is 154 Å². The van der Waals surface area contributed by atoms with Gasteiger partial charge in [-0.3, -0.25) is 16.0 Å². The Morgan fingerprint density at radius 2 is 1.03 bits per heavy atom. The Morgan fingerprint density at radius 3 is 1.57 bits per heavy atom. The molecule has 4 N–H and O–H groups in total. The number of hydrogen-bond acceptors (Lipinski definition) is 18. The van der Waals surface area contributed by atoms with Gasteiger partial charge in [0, 0.05) is 94.1 Å². The molecule has 18 nitrogen and oxygen atoms in total. The van der Waals surface area contributed by atoms with E-state index in [4.69, 9.17) is 38.2 Å². The zero-order valence-electron chi connectivity index (χ0n) is 35.7. The second-order valence-corrected chi connectivity index (χ2v) is 15.2. The van der Waals surface area contributed by atoms with Gasteiger partial charge in [-0.1, -0.05) is 0 Å². The number of nitrogens with zero attached hydrogens (tertiary/aromatic N) is 11. The van der Waals surface area contributed by atoms with Crippen LogP contribution in [0.4, 0.5) is 0 Å². The number of hydrogen-bond donors (Lipinski definition) is 4. The van der Waals surface area contributed by atoms with Crippen LogP contribution in [-0.2, 0) is 19.3 Å². The molecule has 0 aliphatic carbocycles. The third-order valence-corrected chi connectivity index (χ3v) is 9.81. The molecular weight excluding hydrogens is 739 g/mol. The Balaban J connectivity index is 1.24. The van der Waals surface area contributed by atoms with Crippen molar-refractivity contribution < 1.29 is 13.3 Å². The first-order valence-corrected chi connectivity index (χ1v) is 20.0. The van der Waals surface area contributed by atoms with Gasteiger partial charge >= 0.3 is 0 Å². The van der Waals surface area contributed by atoms with Crippen LogP contribution in [0.25, 0.3) is 0 Å². The maximum atomic E-state index is 6.00. The Hall–Kier alpha value is -5.94. The molecule has 0 saturated carbocycles. The van der Waals surface area contributed by atoms with Crippen molar-refractivity contribution in [3.05, 3.63) is 71.0 Å². The lowest BCUT2D eigenvalue weighted by molar-refractivity contribution is 0.347. The fourth-order valence-corrected chi connectivity index (χ4v) is 6.63. The predicted octanol–water partition coefficient (Wildman–Crippen LogP) is 2.63. The van der Waals surface area contributed by atoms with Crippen molar-refractivity contribution in [1.29, 1.82) is 0 Å². The number of furan rings is 3. The van der Waals surface area contributed by atoms with E-state index < -0.39 is 6.17 Å². The van der Waals surface area contributed by atoms with Crippen molar-refractivity contribution >= 4 is 35.8 Å². The molecule has 3 aliphatic heterocycles. The van der Waals surface area contributed by atoms with Crippen molar-refractivity contribution in [3.8, 4) is 0 Å². The molecule has 0 radical (unpaired) electrons. The minimum Gasteiger partial charge on any atom is -0.466 e. The zero-order valence-corrected chi connectivity index (χ0v) is 35.7. The summed E-state index contributed by atoms with van der Waals surface area (Å²) in [7, 11) is 11.8. The number of likely N-dealkylation sites (N-methyl/N-ethyl adjacent to an activating group) is 1. The fraction of sp³-hybridized carbons (Fsp3) is 0.550. The smallest absolute Gasteiger partial charge is 0.203 e. The molecule has 0 amide bonds. The predicted molar refractivity (Wildman–Crippen MR) is 229 cm³/mol. The molecule has 0 bridgehead atoms. The number of aryl methyl sites for hydroxylation is 3. The highest BCUT2D eigenvalue weighted by Gasteiger charge is 2.28. The lowest BCUT2D eigenvalue weighted by Gasteiger charge is -2.35. The fourth-order valence-electron chi connectivity index (χ4n) is 6.63. The first kappa shape index (κ1) is 41.7. The van der Waals surface area contributed by atoms with E-state index in [2.05, 4.69) is 41.0 Å². The van der Waals surface area contributed by atoms with E-state index in [1.165, 1.54) is 0 Å². The maximum Gasteiger partial charge on any atom is 0.203 e. The van der Waals surface area contributed by atoms with Gasteiger partial charge in [-0.15, -0.1) is 0 Å². The molecule has 3 aliphatic rings. The molecule has 3 aromatic heterocycles. The van der Waals surface area contributed by atoms with Gasteiger partial charge in [0.25, 0.3) is 0 Å². The quantitative estimate of drug-likeness (QED) is 0.188. The summed E-state index contributed by atoms with van der Waals surface area (Å²) in [5.41, 5.74) is 0.